The molecule has 1 saturated carbocycles. The molecule has 110 valence electrons. The van der Waals surface area contributed by atoms with Gasteiger partial charge in [0.1, 0.15) is 17.3 Å². The number of halogens is 2. The Labute approximate surface area is 116 Å². The lowest BCUT2D eigenvalue weighted by Crippen LogP contribution is -2.26. The zero-order valence-electron chi connectivity index (χ0n) is 11.4. The molecule has 0 aromatic heterocycles. The van der Waals surface area contributed by atoms with E-state index in [1.807, 2.05) is 0 Å². The maximum atomic E-state index is 14.1. The van der Waals surface area contributed by atoms with Gasteiger partial charge < -0.3 is 15.8 Å². The van der Waals surface area contributed by atoms with Crippen LogP contribution in [0, 0.1) is 17.6 Å². The van der Waals surface area contributed by atoms with Crippen molar-refractivity contribution in [3.8, 4) is 0 Å². The van der Waals surface area contributed by atoms with E-state index in [0.29, 0.717) is 12.5 Å². The van der Waals surface area contributed by atoms with Crippen molar-refractivity contribution in [3.63, 3.8) is 0 Å². The fourth-order valence-corrected chi connectivity index (χ4v) is 2.81. The van der Waals surface area contributed by atoms with Crippen LogP contribution in [0.2, 0.25) is 0 Å². The third kappa shape index (κ3) is 3.00. The summed E-state index contributed by atoms with van der Waals surface area (Å²) < 4.78 is 28.1. The quantitative estimate of drug-likeness (QED) is 0.386. The number of anilines is 1. The van der Waals surface area contributed by atoms with Crippen LogP contribution in [-0.2, 0) is 0 Å². The molecule has 0 radical (unpaired) electrons. The summed E-state index contributed by atoms with van der Waals surface area (Å²) in [6.07, 6.45) is 4.59. The zero-order valence-corrected chi connectivity index (χ0v) is 11.4. The van der Waals surface area contributed by atoms with Gasteiger partial charge in [0.2, 0.25) is 0 Å². The lowest BCUT2D eigenvalue weighted by molar-refractivity contribution is 0.318. The normalized spacial score (nSPS) is 16.6. The summed E-state index contributed by atoms with van der Waals surface area (Å²) in [5.41, 5.74) is 5.31. The number of rotatable bonds is 4. The first-order valence-corrected chi connectivity index (χ1v) is 6.71. The highest BCUT2D eigenvalue weighted by atomic mass is 19.1. The smallest absolute Gasteiger partial charge is 0.170 e. The largest absolute Gasteiger partial charge is 0.409 e. The Balaban J connectivity index is 2.22. The number of hydrogen-bond donors (Lipinski definition) is 2. The summed E-state index contributed by atoms with van der Waals surface area (Å²) in [5.74, 6) is -1.23. The van der Waals surface area contributed by atoms with E-state index in [2.05, 4.69) is 5.16 Å². The van der Waals surface area contributed by atoms with E-state index in [1.165, 1.54) is 12.8 Å². The molecule has 0 unspecified atom stereocenters. The Hall–Kier alpha value is -1.85. The van der Waals surface area contributed by atoms with Crippen molar-refractivity contribution >= 4 is 11.5 Å². The minimum Gasteiger partial charge on any atom is -0.409 e. The number of oxime groups is 1. The molecule has 0 bridgehead atoms. The third-order valence-electron chi connectivity index (χ3n) is 3.81. The molecular formula is C14H19F2N3O. The molecule has 1 aliphatic carbocycles. The number of nitrogens with two attached hydrogens (primary N) is 1. The fraction of sp³-hybridized carbons (Fsp3) is 0.500. The summed E-state index contributed by atoms with van der Waals surface area (Å²) in [7, 11) is 1.68. The summed E-state index contributed by atoms with van der Waals surface area (Å²) >= 11 is 0. The maximum Gasteiger partial charge on any atom is 0.170 e. The van der Waals surface area contributed by atoms with E-state index in [9.17, 15) is 8.78 Å². The molecule has 0 atom stereocenters. The Bertz CT molecular complexity index is 490. The predicted octanol–water partition coefficient (Wildman–Crippen LogP) is 2.69. The molecule has 1 aliphatic rings. The molecular weight excluding hydrogens is 264 g/mol. The summed E-state index contributed by atoms with van der Waals surface area (Å²) in [6, 6.07) is 2.16. The second-order valence-corrected chi connectivity index (χ2v) is 5.30. The van der Waals surface area contributed by atoms with Crippen LogP contribution in [0.5, 0.6) is 0 Å². The first-order chi connectivity index (χ1) is 9.52. The van der Waals surface area contributed by atoms with Gasteiger partial charge in [-0.25, -0.2) is 8.78 Å². The molecule has 6 heteroatoms. The Kier molecular flexibility index (Phi) is 4.42. The molecule has 1 aromatic carbocycles. The molecule has 4 nitrogen and oxygen atoms in total. The Morgan fingerprint density at radius 3 is 2.40 bits per heavy atom. The van der Waals surface area contributed by atoms with Gasteiger partial charge in [-0.15, -0.1) is 0 Å². The van der Waals surface area contributed by atoms with Gasteiger partial charge in [-0.1, -0.05) is 18.0 Å². The van der Waals surface area contributed by atoms with Crippen molar-refractivity contribution in [3.05, 3.63) is 29.3 Å². The second kappa shape index (κ2) is 6.07. The number of hydrogen-bond acceptors (Lipinski definition) is 3. The summed E-state index contributed by atoms with van der Waals surface area (Å²) in [5, 5.41) is 11.3. The van der Waals surface area contributed by atoms with Crippen molar-refractivity contribution in [1.82, 2.24) is 0 Å². The molecule has 0 spiro atoms. The maximum absolute atomic E-state index is 14.1. The highest BCUT2D eigenvalue weighted by molar-refractivity contribution is 5.97. The van der Waals surface area contributed by atoms with Crippen LogP contribution in [0.25, 0.3) is 0 Å². The third-order valence-corrected chi connectivity index (χ3v) is 3.81. The van der Waals surface area contributed by atoms with Crippen molar-refractivity contribution in [2.45, 2.75) is 25.7 Å². The van der Waals surface area contributed by atoms with Crippen LogP contribution in [0.15, 0.2) is 17.3 Å². The van der Waals surface area contributed by atoms with Gasteiger partial charge >= 0.3 is 0 Å². The molecule has 20 heavy (non-hydrogen) atoms. The van der Waals surface area contributed by atoms with Gasteiger partial charge in [0, 0.05) is 19.2 Å². The molecule has 1 aromatic rings. The minimum absolute atomic E-state index is 0.0283. The van der Waals surface area contributed by atoms with Gasteiger partial charge in [0.05, 0.1) is 0 Å². The Morgan fingerprint density at radius 2 is 1.90 bits per heavy atom. The van der Waals surface area contributed by atoms with Crippen molar-refractivity contribution < 1.29 is 14.0 Å². The molecule has 3 N–H and O–H groups in total. The average Bonchev–Trinajstić information content (AvgIpc) is 2.89. The van der Waals surface area contributed by atoms with Crippen LogP contribution >= 0.6 is 0 Å². The molecule has 0 aliphatic heterocycles. The highest BCUT2D eigenvalue weighted by Gasteiger charge is 2.21. The van der Waals surface area contributed by atoms with Gasteiger partial charge in [0.25, 0.3) is 0 Å². The van der Waals surface area contributed by atoms with Crippen LogP contribution in [0.3, 0.4) is 0 Å². The van der Waals surface area contributed by atoms with Crippen molar-refractivity contribution in [2.24, 2.45) is 16.8 Å². The van der Waals surface area contributed by atoms with Gasteiger partial charge in [-0.2, -0.15) is 0 Å². The van der Waals surface area contributed by atoms with Crippen LogP contribution < -0.4 is 10.6 Å². The van der Waals surface area contributed by atoms with E-state index in [-0.39, 0.29) is 17.1 Å². The van der Waals surface area contributed by atoms with E-state index >= 15 is 0 Å². The van der Waals surface area contributed by atoms with E-state index < -0.39 is 11.6 Å². The first kappa shape index (κ1) is 14.6. The van der Waals surface area contributed by atoms with Crippen LogP contribution in [0.4, 0.5) is 14.5 Å². The van der Waals surface area contributed by atoms with Gasteiger partial charge in [-0.05, 0) is 30.9 Å². The number of nitrogens with zero attached hydrogens (tertiary/aromatic N) is 2. The monoisotopic (exact) mass is 283 g/mol. The van der Waals surface area contributed by atoms with Gasteiger partial charge in [-0.3, -0.25) is 0 Å². The van der Waals surface area contributed by atoms with Gasteiger partial charge in [0.15, 0.2) is 5.84 Å². The number of amidine groups is 1. The fourth-order valence-electron chi connectivity index (χ4n) is 2.81. The molecule has 1 fully saturated rings. The highest BCUT2D eigenvalue weighted by Crippen LogP contribution is 2.29. The second-order valence-electron chi connectivity index (χ2n) is 5.30. The SMILES string of the molecule is CN(CC1CCCC1)c1c(F)cc(C(N)=NO)cc1F. The zero-order chi connectivity index (χ0) is 14.7. The van der Waals surface area contributed by atoms with E-state index in [4.69, 9.17) is 10.9 Å². The predicted molar refractivity (Wildman–Crippen MR) is 74.1 cm³/mol. The summed E-state index contributed by atoms with van der Waals surface area (Å²) in [6.45, 7) is 0.636. The summed E-state index contributed by atoms with van der Waals surface area (Å²) in [4.78, 5) is 1.61. The lowest BCUT2D eigenvalue weighted by Gasteiger charge is -2.24. The molecule has 0 saturated heterocycles. The number of benzene rings is 1. The average molecular weight is 283 g/mol. The molecule has 0 amide bonds. The topological polar surface area (TPSA) is 61.8 Å². The minimum atomic E-state index is -0.702. The van der Waals surface area contributed by atoms with E-state index in [0.717, 1.165) is 25.0 Å². The van der Waals surface area contributed by atoms with Crippen LogP contribution in [0.1, 0.15) is 31.2 Å². The molecule has 0 heterocycles. The standard InChI is InChI=1S/C14H19F2N3O/c1-19(8-9-4-2-3-5-9)13-11(15)6-10(7-12(13)16)14(17)18-20/h6-7,9,20H,2-5,8H2,1H3,(H2,17,18). The van der Waals surface area contributed by atoms with Crippen molar-refractivity contribution in [2.75, 3.05) is 18.5 Å². The molecule has 2 rings (SSSR count). The first-order valence-electron chi connectivity index (χ1n) is 6.71. The lowest BCUT2D eigenvalue weighted by atomic mass is 10.1. The van der Waals surface area contributed by atoms with Crippen molar-refractivity contribution in [1.29, 1.82) is 0 Å². The van der Waals surface area contributed by atoms with Crippen LogP contribution in [-0.4, -0.2) is 24.6 Å². The Morgan fingerprint density at radius 1 is 1.35 bits per heavy atom. The van der Waals surface area contributed by atoms with E-state index in [1.54, 1.807) is 11.9 Å².